The summed E-state index contributed by atoms with van der Waals surface area (Å²) in [6, 6.07) is 0. The van der Waals surface area contributed by atoms with Gasteiger partial charge in [0.1, 0.15) is 5.82 Å². The summed E-state index contributed by atoms with van der Waals surface area (Å²) in [7, 11) is 0. The molecule has 2 aromatic rings. The van der Waals surface area contributed by atoms with Crippen LogP contribution < -0.4 is 10.6 Å². The summed E-state index contributed by atoms with van der Waals surface area (Å²) in [6.45, 7) is 10.8. The Morgan fingerprint density at radius 3 is 2.67 bits per heavy atom. The van der Waals surface area contributed by atoms with Crippen LogP contribution in [-0.2, 0) is 0 Å². The van der Waals surface area contributed by atoms with E-state index in [0.29, 0.717) is 19.0 Å². The van der Waals surface area contributed by atoms with Crippen LogP contribution in [0.25, 0.3) is 10.2 Å². The molecule has 0 saturated carbocycles. The van der Waals surface area contributed by atoms with Gasteiger partial charge < -0.3 is 10.6 Å². The van der Waals surface area contributed by atoms with Gasteiger partial charge in [0.15, 0.2) is 0 Å². The second-order valence-corrected chi connectivity index (χ2v) is 4.71. The maximum atomic E-state index is 4.52. The Balaban J connectivity index is 2.43. The highest BCUT2D eigenvalue weighted by molar-refractivity contribution is 7.18. The fraction of sp³-hybridized carbons (Fsp3) is 0.231. The number of anilines is 2. The van der Waals surface area contributed by atoms with Crippen LogP contribution >= 0.6 is 11.3 Å². The van der Waals surface area contributed by atoms with Gasteiger partial charge in [-0.1, -0.05) is 12.2 Å². The van der Waals surface area contributed by atoms with Crippen molar-refractivity contribution in [2.75, 3.05) is 23.7 Å². The van der Waals surface area contributed by atoms with Crippen molar-refractivity contribution in [2.24, 2.45) is 0 Å². The maximum absolute atomic E-state index is 4.52. The predicted molar refractivity (Wildman–Crippen MR) is 79.5 cm³/mol. The molecule has 5 heteroatoms. The monoisotopic (exact) mass is 260 g/mol. The number of thiophene rings is 1. The van der Waals surface area contributed by atoms with Crippen LogP contribution in [0.1, 0.15) is 5.56 Å². The molecule has 2 rings (SSSR count). The Kier molecular flexibility index (Phi) is 3.94. The van der Waals surface area contributed by atoms with Crippen LogP contribution in [0.5, 0.6) is 0 Å². The molecule has 0 atom stereocenters. The Morgan fingerprint density at radius 1 is 1.22 bits per heavy atom. The minimum atomic E-state index is 0.621. The zero-order chi connectivity index (χ0) is 13.0. The van der Waals surface area contributed by atoms with Crippen LogP contribution in [-0.4, -0.2) is 23.1 Å². The third-order valence-electron chi connectivity index (χ3n) is 2.41. The molecule has 0 saturated heterocycles. The van der Waals surface area contributed by atoms with E-state index in [1.54, 1.807) is 17.4 Å². The minimum Gasteiger partial charge on any atom is -0.365 e. The lowest BCUT2D eigenvalue weighted by Crippen LogP contribution is -2.07. The van der Waals surface area contributed by atoms with Crippen LogP contribution in [0.15, 0.2) is 30.7 Å². The third-order valence-corrected chi connectivity index (χ3v) is 3.50. The van der Waals surface area contributed by atoms with E-state index in [9.17, 15) is 0 Å². The van der Waals surface area contributed by atoms with E-state index in [4.69, 9.17) is 0 Å². The van der Waals surface area contributed by atoms with Gasteiger partial charge in [-0.15, -0.1) is 24.5 Å². The minimum absolute atomic E-state index is 0.621. The number of fused-ring (bicyclic) bond motifs is 1. The molecule has 2 N–H and O–H groups in total. The van der Waals surface area contributed by atoms with Crippen molar-refractivity contribution in [3.8, 4) is 0 Å². The highest BCUT2D eigenvalue weighted by Gasteiger charge is 2.10. The number of hydrogen-bond acceptors (Lipinski definition) is 5. The second kappa shape index (κ2) is 5.64. The Hall–Kier alpha value is -1.88. The Morgan fingerprint density at radius 2 is 1.94 bits per heavy atom. The van der Waals surface area contributed by atoms with E-state index in [0.717, 1.165) is 16.0 Å². The molecule has 0 fully saturated rings. The lowest BCUT2D eigenvalue weighted by molar-refractivity contribution is 1.14. The van der Waals surface area contributed by atoms with Gasteiger partial charge in [0.25, 0.3) is 0 Å². The number of rotatable bonds is 6. The molecule has 18 heavy (non-hydrogen) atoms. The summed E-state index contributed by atoms with van der Waals surface area (Å²) in [5, 5.41) is 8.45. The molecule has 0 spiro atoms. The summed E-state index contributed by atoms with van der Waals surface area (Å²) in [6.07, 6.45) is 3.59. The Labute approximate surface area is 110 Å². The summed E-state index contributed by atoms with van der Waals surface area (Å²) in [4.78, 5) is 8.99. The zero-order valence-electron chi connectivity index (χ0n) is 10.4. The fourth-order valence-corrected chi connectivity index (χ4v) is 2.52. The molecule has 0 bridgehead atoms. The van der Waals surface area contributed by atoms with Crippen LogP contribution in [0.3, 0.4) is 0 Å². The highest BCUT2D eigenvalue weighted by atomic mass is 32.1. The zero-order valence-corrected chi connectivity index (χ0v) is 11.2. The first kappa shape index (κ1) is 12.6. The molecule has 2 heterocycles. The van der Waals surface area contributed by atoms with E-state index in [-0.39, 0.29) is 0 Å². The molecule has 0 aliphatic carbocycles. The molecular formula is C13H16N4S. The normalized spacial score (nSPS) is 10.3. The molecule has 0 amide bonds. The van der Waals surface area contributed by atoms with Crippen molar-refractivity contribution in [1.29, 1.82) is 0 Å². The lowest BCUT2D eigenvalue weighted by Gasteiger charge is -2.07. The van der Waals surface area contributed by atoms with Crippen molar-refractivity contribution in [3.63, 3.8) is 0 Å². The quantitative estimate of drug-likeness (QED) is 0.783. The van der Waals surface area contributed by atoms with Gasteiger partial charge in [-0.25, -0.2) is 4.98 Å². The van der Waals surface area contributed by atoms with Crippen LogP contribution in [0.2, 0.25) is 0 Å². The molecule has 4 nitrogen and oxygen atoms in total. The van der Waals surface area contributed by atoms with Crippen LogP contribution in [0.4, 0.5) is 11.8 Å². The average molecular weight is 260 g/mol. The summed E-state index contributed by atoms with van der Waals surface area (Å²) in [5.74, 6) is 1.47. The van der Waals surface area contributed by atoms with E-state index in [1.165, 1.54) is 5.56 Å². The first-order chi connectivity index (χ1) is 8.76. The lowest BCUT2D eigenvalue weighted by atomic mass is 10.3. The molecule has 2 aromatic heterocycles. The summed E-state index contributed by atoms with van der Waals surface area (Å²) in [5.41, 5.74) is 2.16. The molecule has 0 aliphatic heterocycles. The number of hydrogen-bond donors (Lipinski definition) is 2. The second-order valence-electron chi connectivity index (χ2n) is 3.83. The standard InChI is InChI=1S/C13H16N4S/c1-4-6-14-12-11-10(9(3)8-18-11)16-13(17-12)15-7-5-2/h4-5,8H,1-2,6-7H2,3H3,(H2,14,15,16,17). The third kappa shape index (κ3) is 2.51. The van der Waals surface area contributed by atoms with E-state index >= 15 is 0 Å². The molecule has 0 aliphatic rings. The van der Waals surface area contributed by atoms with Crippen molar-refractivity contribution < 1.29 is 0 Å². The van der Waals surface area contributed by atoms with E-state index < -0.39 is 0 Å². The predicted octanol–water partition coefficient (Wildman–Crippen LogP) is 3.20. The number of nitrogens with zero attached hydrogens (tertiary/aromatic N) is 2. The fourth-order valence-electron chi connectivity index (χ4n) is 1.56. The first-order valence-electron chi connectivity index (χ1n) is 5.71. The van der Waals surface area contributed by atoms with E-state index in [1.807, 2.05) is 6.08 Å². The van der Waals surface area contributed by atoms with Crippen LogP contribution in [0, 0.1) is 6.92 Å². The van der Waals surface area contributed by atoms with E-state index in [2.05, 4.69) is 46.1 Å². The van der Waals surface area contributed by atoms with Crippen molar-refractivity contribution in [1.82, 2.24) is 9.97 Å². The van der Waals surface area contributed by atoms with Crippen molar-refractivity contribution in [2.45, 2.75) is 6.92 Å². The molecule has 0 unspecified atom stereocenters. The Bertz CT molecular complexity index is 574. The topological polar surface area (TPSA) is 49.8 Å². The largest absolute Gasteiger partial charge is 0.365 e. The van der Waals surface area contributed by atoms with Gasteiger partial charge in [-0.05, 0) is 17.9 Å². The average Bonchev–Trinajstić information content (AvgIpc) is 2.75. The van der Waals surface area contributed by atoms with Gasteiger partial charge in [-0.3, -0.25) is 0 Å². The highest BCUT2D eigenvalue weighted by Crippen LogP contribution is 2.30. The smallest absolute Gasteiger partial charge is 0.225 e. The van der Waals surface area contributed by atoms with Crippen molar-refractivity contribution >= 4 is 33.3 Å². The summed E-state index contributed by atoms with van der Waals surface area (Å²) >= 11 is 1.65. The molecular weight excluding hydrogens is 244 g/mol. The van der Waals surface area contributed by atoms with Gasteiger partial charge >= 0.3 is 0 Å². The van der Waals surface area contributed by atoms with Gasteiger partial charge in [0.2, 0.25) is 5.95 Å². The first-order valence-corrected chi connectivity index (χ1v) is 6.59. The van der Waals surface area contributed by atoms with Gasteiger partial charge in [0.05, 0.1) is 10.2 Å². The molecule has 0 aromatic carbocycles. The maximum Gasteiger partial charge on any atom is 0.225 e. The SMILES string of the molecule is C=CCNc1nc(NCC=C)c2scc(C)c2n1. The molecule has 0 radical (unpaired) electrons. The number of aromatic nitrogens is 2. The number of nitrogens with one attached hydrogen (secondary N) is 2. The van der Waals surface area contributed by atoms with Crippen molar-refractivity contribution in [3.05, 3.63) is 36.3 Å². The van der Waals surface area contributed by atoms with Gasteiger partial charge in [-0.2, -0.15) is 4.98 Å². The van der Waals surface area contributed by atoms with Gasteiger partial charge in [0, 0.05) is 13.1 Å². The molecule has 94 valence electrons. The summed E-state index contributed by atoms with van der Waals surface area (Å²) < 4.78 is 1.08. The number of aryl methyl sites for hydroxylation is 1.